The molecule has 0 amide bonds. The van der Waals surface area contributed by atoms with Gasteiger partial charge in [0.15, 0.2) is 0 Å². The normalized spacial score (nSPS) is 19.6. The topological polar surface area (TPSA) is 40.5 Å². The van der Waals surface area contributed by atoms with E-state index in [-0.39, 0.29) is 5.92 Å². The van der Waals surface area contributed by atoms with E-state index in [0.29, 0.717) is 6.42 Å². The summed E-state index contributed by atoms with van der Waals surface area (Å²) < 4.78 is 0. The number of aliphatic hydroxyl groups is 2. The van der Waals surface area contributed by atoms with Crippen LogP contribution in [-0.4, -0.2) is 21.4 Å². The molecule has 2 unspecified atom stereocenters. The molecule has 0 aromatic heterocycles. The number of rotatable bonds is 5. The zero-order chi connectivity index (χ0) is 10.7. The van der Waals surface area contributed by atoms with Crippen LogP contribution in [0.5, 0.6) is 0 Å². The lowest BCUT2D eigenvalue weighted by atomic mass is 9.72. The van der Waals surface area contributed by atoms with Crippen LogP contribution in [0.15, 0.2) is 0 Å². The molecule has 0 spiro atoms. The Morgan fingerprint density at radius 3 is 1.85 bits per heavy atom. The first kappa shape index (κ1) is 12.9. The molecule has 0 aromatic carbocycles. The Bertz CT molecular complexity index is 149. The second kappa shape index (κ2) is 4.43. The lowest BCUT2D eigenvalue weighted by Crippen LogP contribution is -2.54. The molecule has 2 N–H and O–H groups in total. The Morgan fingerprint density at radius 1 is 1.15 bits per heavy atom. The van der Waals surface area contributed by atoms with Crippen LogP contribution >= 0.6 is 0 Å². The molecular formula is C11H24O2. The molecule has 0 aliphatic rings. The molecular weight excluding hydrogens is 164 g/mol. The van der Waals surface area contributed by atoms with Gasteiger partial charge in [-0.25, -0.2) is 0 Å². The number of hydrogen-bond acceptors (Lipinski definition) is 2. The van der Waals surface area contributed by atoms with Gasteiger partial charge in [-0.3, -0.25) is 0 Å². The molecule has 0 aliphatic heterocycles. The highest BCUT2D eigenvalue weighted by atomic mass is 16.4. The third kappa shape index (κ3) is 2.68. The van der Waals surface area contributed by atoms with Crippen LogP contribution in [0.3, 0.4) is 0 Å². The van der Waals surface area contributed by atoms with Gasteiger partial charge < -0.3 is 10.2 Å². The molecule has 0 fully saturated rings. The zero-order valence-electron chi connectivity index (χ0n) is 9.59. The monoisotopic (exact) mass is 188 g/mol. The van der Waals surface area contributed by atoms with Gasteiger partial charge in [0.05, 0.1) is 11.2 Å². The van der Waals surface area contributed by atoms with Gasteiger partial charge in [-0.05, 0) is 26.2 Å². The Hall–Kier alpha value is -0.0800. The molecule has 80 valence electrons. The van der Waals surface area contributed by atoms with Crippen molar-refractivity contribution in [2.75, 3.05) is 0 Å². The van der Waals surface area contributed by atoms with E-state index in [0.717, 1.165) is 12.8 Å². The minimum absolute atomic E-state index is 0.132. The van der Waals surface area contributed by atoms with Crippen molar-refractivity contribution < 1.29 is 10.2 Å². The van der Waals surface area contributed by atoms with Crippen LogP contribution in [0.1, 0.15) is 53.9 Å². The summed E-state index contributed by atoms with van der Waals surface area (Å²) in [6.07, 6.45) is 2.44. The van der Waals surface area contributed by atoms with Gasteiger partial charge in [0.1, 0.15) is 0 Å². The summed E-state index contributed by atoms with van der Waals surface area (Å²) in [4.78, 5) is 0. The SMILES string of the molecule is CCCC(O)(C(C)CC)C(C)(C)O. The molecule has 0 radical (unpaired) electrons. The predicted octanol–water partition coefficient (Wildman–Crippen LogP) is 2.33. The summed E-state index contributed by atoms with van der Waals surface area (Å²) in [7, 11) is 0. The van der Waals surface area contributed by atoms with Crippen molar-refractivity contribution in [2.24, 2.45) is 5.92 Å². The van der Waals surface area contributed by atoms with Crippen LogP contribution in [0.25, 0.3) is 0 Å². The van der Waals surface area contributed by atoms with Crippen LogP contribution < -0.4 is 0 Å². The minimum Gasteiger partial charge on any atom is -0.387 e. The van der Waals surface area contributed by atoms with Crippen molar-refractivity contribution in [2.45, 2.75) is 65.1 Å². The molecule has 0 saturated heterocycles. The van der Waals surface area contributed by atoms with E-state index < -0.39 is 11.2 Å². The van der Waals surface area contributed by atoms with E-state index in [2.05, 4.69) is 0 Å². The summed E-state index contributed by atoms with van der Waals surface area (Å²) in [5.74, 6) is 0.132. The second-order valence-corrected chi connectivity index (χ2v) is 4.54. The Balaban J connectivity index is 4.72. The van der Waals surface area contributed by atoms with Crippen LogP contribution in [0, 0.1) is 5.92 Å². The molecule has 0 aliphatic carbocycles. The number of hydrogen-bond donors (Lipinski definition) is 2. The zero-order valence-corrected chi connectivity index (χ0v) is 9.59. The van der Waals surface area contributed by atoms with Crippen molar-refractivity contribution in [3.63, 3.8) is 0 Å². The van der Waals surface area contributed by atoms with E-state index in [9.17, 15) is 10.2 Å². The molecule has 2 heteroatoms. The van der Waals surface area contributed by atoms with Crippen LogP contribution in [0.2, 0.25) is 0 Å². The van der Waals surface area contributed by atoms with Gasteiger partial charge in [0.2, 0.25) is 0 Å². The van der Waals surface area contributed by atoms with E-state index in [1.807, 2.05) is 20.8 Å². The summed E-state index contributed by atoms with van der Waals surface area (Å²) in [6.45, 7) is 9.44. The van der Waals surface area contributed by atoms with Crippen molar-refractivity contribution in [3.05, 3.63) is 0 Å². The molecule has 0 bridgehead atoms. The van der Waals surface area contributed by atoms with Crippen LogP contribution in [0.4, 0.5) is 0 Å². The average molecular weight is 188 g/mol. The maximum atomic E-state index is 10.4. The first-order valence-electron chi connectivity index (χ1n) is 5.24. The van der Waals surface area contributed by atoms with Gasteiger partial charge in [-0.15, -0.1) is 0 Å². The smallest absolute Gasteiger partial charge is 0.0952 e. The predicted molar refractivity (Wildman–Crippen MR) is 55.6 cm³/mol. The van der Waals surface area contributed by atoms with Gasteiger partial charge >= 0.3 is 0 Å². The van der Waals surface area contributed by atoms with E-state index in [4.69, 9.17) is 0 Å². The van der Waals surface area contributed by atoms with Gasteiger partial charge in [-0.1, -0.05) is 33.6 Å². The summed E-state index contributed by atoms with van der Waals surface area (Å²) in [5, 5.41) is 20.3. The molecule has 2 nitrogen and oxygen atoms in total. The van der Waals surface area contributed by atoms with Crippen molar-refractivity contribution in [3.8, 4) is 0 Å². The van der Waals surface area contributed by atoms with Gasteiger partial charge in [0.25, 0.3) is 0 Å². The summed E-state index contributed by atoms with van der Waals surface area (Å²) >= 11 is 0. The maximum Gasteiger partial charge on any atom is 0.0952 e. The first-order valence-corrected chi connectivity index (χ1v) is 5.24. The Labute approximate surface area is 82.0 Å². The van der Waals surface area contributed by atoms with E-state index in [1.165, 1.54) is 0 Å². The third-order valence-corrected chi connectivity index (χ3v) is 3.12. The molecule has 0 rings (SSSR count). The van der Waals surface area contributed by atoms with E-state index >= 15 is 0 Å². The first-order chi connectivity index (χ1) is 5.79. The summed E-state index contributed by atoms with van der Waals surface area (Å²) in [5.41, 5.74) is -1.96. The Kier molecular flexibility index (Phi) is 4.40. The highest BCUT2D eigenvalue weighted by Gasteiger charge is 2.44. The van der Waals surface area contributed by atoms with Gasteiger partial charge in [-0.2, -0.15) is 0 Å². The third-order valence-electron chi connectivity index (χ3n) is 3.12. The van der Waals surface area contributed by atoms with Crippen molar-refractivity contribution in [1.82, 2.24) is 0 Å². The van der Waals surface area contributed by atoms with E-state index in [1.54, 1.807) is 13.8 Å². The minimum atomic E-state index is -1.02. The fourth-order valence-electron chi connectivity index (χ4n) is 1.87. The van der Waals surface area contributed by atoms with Gasteiger partial charge in [0, 0.05) is 0 Å². The largest absolute Gasteiger partial charge is 0.387 e. The molecule has 0 aromatic rings. The standard InChI is InChI=1S/C11H24O2/c1-6-8-11(13,9(3)7-2)10(4,5)12/h9,12-13H,6-8H2,1-5H3. The highest BCUT2D eigenvalue weighted by Crippen LogP contribution is 2.35. The fourth-order valence-corrected chi connectivity index (χ4v) is 1.87. The van der Waals surface area contributed by atoms with Crippen molar-refractivity contribution in [1.29, 1.82) is 0 Å². The second-order valence-electron chi connectivity index (χ2n) is 4.54. The summed E-state index contributed by atoms with van der Waals surface area (Å²) in [6, 6.07) is 0. The van der Waals surface area contributed by atoms with Crippen LogP contribution in [-0.2, 0) is 0 Å². The highest BCUT2D eigenvalue weighted by molar-refractivity contribution is 4.96. The lowest BCUT2D eigenvalue weighted by molar-refractivity contribution is -0.165. The molecule has 2 atom stereocenters. The molecule has 0 heterocycles. The maximum absolute atomic E-state index is 10.4. The molecule has 13 heavy (non-hydrogen) atoms. The van der Waals surface area contributed by atoms with Crippen molar-refractivity contribution >= 4 is 0 Å². The lowest BCUT2D eigenvalue weighted by Gasteiger charge is -2.43. The molecule has 0 saturated carbocycles. The Morgan fingerprint density at radius 2 is 1.62 bits per heavy atom. The fraction of sp³-hybridized carbons (Fsp3) is 1.00. The average Bonchev–Trinajstić information content (AvgIpc) is 2.01. The quantitative estimate of drug-likeness (QED) is 0.695.